The molecule has 0 saturated heterocycles. The van der Waals surface area contributed by atoms with Crippen LogP contribution in [0.5, 0.6) is 0 Å². The summed E-state index contributed by atoms with van der Waals surface area (Å²) in [6.07, 6.45) is 3.71. The fraction of sp³-hybridized carbons (Fsp3) is 0.353. The molecule has 1 aromatic carbocycles. The smallest absolute Gasteiger partial charge is 0.0720 e. The second-order valence-corrected chi connectivity index (χ2v) is 5.52. The largest absolute Gasteiger partial charge is 0.376 e. The van der Waals surface area contributed by atoms with E-state index in [0.29, 0.717) is 11.8 Å². The first-order valence-electron chi connectivity index (χ1n) is 6.86. The van der Waals surface area contributed by atoms with Crippen molar-refractivity contribution in [2.24, 2.45) is 5.92 Å². The quantitative estimate of drug-likeness (QED) is 0.806. The molecule has 2 nitrogen and oxygen atoms in total. The zero-order valence-electron chi connectivity index (χ0n) is 11.5. The number of nitrogens with zero attached hydrogens (tertiary/aromatic N) is 1. The summed E-state index contributed by atoms with van der Waals surface area (Å²) in [5.41, 5.74) is 5.16. The number of ether oxygens (including phenoxy) is 1. The van der Waals surface area contributed by atoms with E-state index in [0.717, 1.165) is 18.8 Å². The highest BCUT2D eigenvalue weighted by molar-refractivity contribution is 5.64. The summed E-state index contributed by atoms with van der Waals surface area (Å²) in [6, 6.07) is 10.8. The molecule has 0 aliphatic carbocycles. The van der Waals surface area contributed by atoms with E-state index in [9.17, 15) is 0 Å². The van der Waals surface area contributed by atoms with Crippen LogP contribution in [0.1, 0.15) is 30.9 Å². The Labute approximate surface area is 114 Å². The van der Waals surface area contributed by atoms with E-state index in [-0.39, 0.29) is 0 Å². The molecule has 0 bridgehead atoms. The van der Waals surface area contributed by atoms with Crippen LogP contribution in [0, 0.1) is 5.92 Å². The maximum Gasteiger partial charge on any atom is 0.0720 e. The molecular weight excluding hydrogens is 234 g/mol. The summed E-state index contributed by atoms with van der Waals surface area (Å²) in [5.74, 6) is 1.13. The fourth-order valence-electron chi connectivity index (χ4n) is 2.74. The van der Waals surface area contributed by atoms with Crippen LogP contribution in [0.4, 0.5) is 0 Å². The monoisotopic (exact) mass is 253 g/mol. The Balaban J connectivity index is 2.00. The number of pyridine rings is 1. The van der Waals surface area contributed by atoms with Crippen molar-refractivity contribution < 1.29 is 4.74 Å². The minimum atomic E-state index is 0.520. The highest BCUT2D eigenvalue weighted by Crippen LogP contribution is 2.34. The van der Waals surface area contributed by atoms with Crippen LogP contribution >= 0.6 is 0 Å². The molecule has 2 aromatic rings. The summed E-state index contributed by atoms with van der Waals surface area (Å²) < 4.78 is 5.75. The Hall–Kier alpha value is -1.67. The Morgan fingerprint density at radius 1 is 1.21 bits per heavy atom. The van der Waals surface area contributed by atoms with Crippen molar-refractivity contribution in [1.82, 2.24) is 4.98 Å². The van der Waals surface area contributed by atoms with E-state index >= 15 is 0 Å². The lowest BCUT2D eigenvalue weighted by Gasteiger charge is -2.29. The predicted molar refractivity (Wildman–Crippen MR) is 76.9 cm³/mol. The topological polar surface area (TPSA) is 22.1 Å². The minimum Gasteiger partial charge on any atom is -0.376 e. The van der Waals surface area contributed by atoms with E-state index in [4.69, 9.17) is 4.74 Å². The van der Waals surface area contributed by atoms with Crippen LogP contribution < -0.4 is 0 Å². The first-order chi connectivity index (χ1) is 9.25. The number of benzene rings is 1. The van der Waals surface area contributed by atoms with Gasteiger partial charge in [-0.3, -0.25) is 4.98 Å². The normalized spacial score (nSPS) is 18.4. The molecule has 3 rings (SSSR count). The average Bonchev–Trinajstić information content (AvgIpc) is 2.47. The first-order valence-corrected chi connectivity index (χ1v) is 6.86. The molecule has 19 heavy (non-hydrogen) atoms. The SMILES string of the molecule is CC(C)C1COCc2cc(-c3cccnc3)ccc21. The van der Waals surface area contributed by atoms with Crippen molar-refractivity contribution in [3.8, 4) is 11.1 Å². The van der Waals surface area contributed by atoms with Gasteiger partial charge in [0, 0.05) is 18.3 Å². The molecule has 2 heteroatoms. The molecule has 1 unspecified atom stereocenters. The molecule has 0 N–H and O–H groups in total. The van der Waals surface area contributed by atoms with Gasteiger partial charge in [-0.05, 0) is 40.3 Å². The van der Waals surface area contributed by atoms with Crippen molar-refractivity contribution in [3.63, 3.8) is 0 Å². The Bertz CT molecular complexity index is 563. The standard InChI is InChI=1S/C17H19NO/c1-12(2)17-11-19-10-15-8-13(5-6-16(15)17)14-4-3-7-18-9-14/h3-9,12,17H,10-11H2,1-2H3. The lowest BCUT2D eigenvalue weighted by Crippen LogP contribution is -2.20. The molecule has 0 saturated carbocycles. The molecule has 1 atom stereocenters. The van der Waals surface area contributed by atoms with Crippen LogP contribution in [0.3, 0.4) is 0 Å². The zero-order chi connectivity index (χ0) is 13.2. The van der Waals surface area contributed by atoms with Crippen LogP contribution in [-0.4, -0.2) is 11.6 Å². The van der Waals surface area contributed by atoms with E-state index in [1.807, 2.05) is 12.3 Å². The summed E-state index contributed by atoms with van der Waals surface area (Å²) in [6.45, 7) is 6.10. The molecular formula is C17H19NO. The summed E-state index contributed by atoms with van der Waals surface area (Å²) in [7, 11) is 0. The molecule has 2 heterocycles. The van der Waals surface area contributed by atoms with Crippen molar-refractivity contribution in [2.45, 2.75) is 26.4 Å². The van der Waals surface area contributed by atoms with Crippen LogP contribution in [0.2, 0.25) is 0 Å². The number of rotatable bonds is 2. The maximum absolute atomic E-state index is 5.75. The molecule has 0 fully saturated rings. The molecule has 0 radical (unpaired) electrons. The van der Waals surface area contributed by atoms with Gasteiger partial charge in [-0.1, -0.05) is 32.0 Å². The van der Waals surface area contributed by atoms with E-state index in [1.54, 1.807) is 6.20 Å². The number of fused-ring (bicyclic) bond motifs is 1. The van der Waals surface area contributed by atoms with Gasteiger partial charge in [0.2, 0.25) is 0 Å². The molecule has 98 valence electrons. The highest BCUT2D eigenvalue weighted by atomic mass is 16.5. The molecule has 1 aromatic heterocycles. The van der Waals surface area contributed by atoms with Crippen molar-refractivity contribution >= 4 is 0 Å². The summed E-state index contributed by atoms with van der Waals surface area (Å²) in [4.78, 5) is 4.19. The van der Waals surface area contributed by atoms with Gasteiger partial charge in [-0.15, -0.1) is 0 Å². The van der Waals surface area contributed by atoms with E-state index in [1.165, 1.54) is 16.7 Å². The number of hydrogen-bond donors (Lipinski definition) is 0. The van der Waals surface area contributed by atoms with Gasteiger partial charge in [0.05, 0.1) is 13.2 Å². The van der Waals surface area contributed by atoms with Crippen molar-refractivity contribution in [3.05, 3.63) is 53.9 Å². The van der Waals surface area contributed by atoms with Crippen LogP contribution in [-0.2, 0) is 11.3 Å². The van der Waals surface area contributed by atoms with Gasteiger partial charge in [0.1, 0.15) is 0 Å². The Morgan fingerprint density at radius 3 is 2.84 bits per heavy atom. The Morgan fingerprint density at radius 2 is 2.11 bits per heavy atom. The molecule has 1 aliphatic rings. The second kappa shape index (κ2) is 5.14. The van der Waals surface area contributed by atoms with Gasteiger partial charge in [0.15, 0.2) is 0 Å². The number of aromatic nitrogens is 1. The highest BCUT2D eigenvalue weighted by Gasteiger charge is 2.23. The van der Waals surface area contributed by atoms with E-state index < -0.39 is 0 Å². The number of hydrogen-bond acceptors (Lipinski definition) is 2. The van der Waals surface area contributed by atoms with Gasteiger partial charge in [0.25, 0.3) is 0 Å². The molecule has 1 aliphatic heterocycles. The lowest BCUT2D eigenvalue weighted by molar-refractivity contribution is 0.0793. The summed E-state index contributed by atoms with van der Waals surface area (Å²) >= 11 is 0. The van der Waals surface area contributed by atoms with E-state index in [2.05, 4.69) is 43.1 Å². The van der Waals surface area contributed by atoms with Crippen molar-refractivity contribution in [2.75, 3.05) is 6.61 Å². The van der Waals surface area contributed by atoms with Crippen LogP contribution in [0.15, 0.2) is 42.7 Å². The maximum atomic E-state index is 5.75. The zero-order valence-corrected chi connectivity index (χ0v) is 11.5. The summed E-state index contributed by atoms with van der Waals surface area (Å²) in [5, 5.41) is 0. The Kier molecular flexibility index (Phi) is 3.34. The van der Waals surface area contributed by atoms with Crippen LogP contribution in [0.25, 0.3) is 11.1 Å². The third-order valence-electron chi connectivity index (χ3n) is 3.90. The van der Waals surface area contributed by atoms with Gasteiger partial charge >= 0.3 is 0 Å². The average molecular weight is 253 g/mol. The minimum absolute atomic E-state index is 0.520. The molecule has 0 amide bonds. The fourth-order valence-corrected chi connectivity index (χ4v) is 2.74. The van der Waals surface area contributed by atoms with Gasteiger partial charge in [-0.25, -0.2) is 0 Å². The lowest BCUT2D eigenvalue weighted by atomic mass is 9.84. The predicted octanol–water partition coefficient (Wildman–Crippen LogP) is 4.02. The third kappa shape index (κ3) is 2.41. The van der Waals surface area contributed by atoms with Crippen molar-refractivity contribution in [1.29, 1.82) is 0 Å². The third-order valence-corrected chi connectivity index (χ3v) is 3.90. The molecule has 0 spiro atoms. The van der Waals surface area contributed by atoms with Gasteiger partial charge in [-0.2, -0.15) is 0 Å². The first kappa shape index (κ1) is 12.4. The second-order valence-electron chi connectivity index (χ2n) is 5.52. The van der Waals surface area contributed by atoms with Gasteiger partial charge < -0.3 is 4.74 Å².